The van der Waals surface area contributed by atoms with Crippen molar-refractivity contribution in [1.29, 1.82) is 0 Å². The van der Waals surface area contributed by atoms with Gasteiger partial charge in [0.1, 0.15) is 5.58 Å². The van der Waals surface area contributed by atoms with Crippen LogP contribution in [0.1, 0.15) is 12.0 Å². The Morgan fingerprint density at radius 1 is 1.19 bits per heavy atom. The highest BCUT2D eigenvalue weighted by atomic mass is 16.5. The second-order valence-corrected chi connectivity index (χ2v) is 6.01. The fourth-order valence-corrected chi connectivity index (χ4v) is 2.67. The molecule has 142 valence electrons. The van der Waals surface area contributed by atoms with E-state index >= 15 is 0 Å². The number of carbonyl (C=O) groups is 2. The summed E-state index contributed by atoms with van der Waals surface area (Å²) in [6.07, 6.45) is 3.39. The van der Waals surface area contributed by atoms with Crippen LogP contribution in [0.25, 0.3) is 11.0 Å². The number of furan rings is 1. The summed E-state index contributed by atoms with van der Waals surface area (Å²) in [6.45, 7) is 4.17. The lowest BCUT2D eigenvalue weighted by atomic mass is 10.1. The number of aliphatic hydroxyl groups is 1. The number of nitrogens with zero attached hydrogens (tertiary/aromatic N) is 1. The number of benzene rings is 1. The summed E-state index contributed by atoms with van der Waals surface area (Å²) in [7, 11) is 0. The molecule has 1 aromatic heterocycles. The molecule has 1 saturated heterocycles. The topological polar surface area (TPSA) is 120 Å². The lowest BCUT2D eigenvalue weighted by Crippen LogP contribution is -2.26. The summed E-state index contributed by atoms with van der Waals surface area (Å²) in [5.41, 5.74) is 2.21. The summed E-state index contributed by atoms with van der Waals surface area (Å²) in [4.78, 5) is 20.5. The number of ether oxygens (including phenoxy) is 1. The first kappa shape index (κ1) is 19.9. The molecule has 1 atom stereocenters. The minimum atomic E-state index is -1.82. The van der Waals surface area contributed by atoms with Gasteiger partial charge in [-0.05, 0) is 36.6 Å². The predicted molar refractivity (Wildman–Crippen MR) is 93.1 cm³/mol. The minimum Gasteiger partial charge on any atom is -0.473 e. The number of aliphatic carboxylic acids is 2. The number of likely N-dealkylation sites (tertiary alicyclic amines) is 1. The molecule has 1 unspecified atom stereocenters. The van der Waals surface area contributed by atoms with Gasteiger partial charge in [-0.3, -0.25) is 4.90 Å². The monoisotopic (exact) mass is 365 g/mol. The molecule has 0 saturated carbocycles. The van der Waals surface area contributed by atoms with E-state index in [1.54, 1.807) is 6.26 Å². The van der Waals surface area contributed by atoms with Gasteiger partial charge < -0.3 is 24.5 Å². The normalized spacial score (nSPS) is 17.0. The summed E-state index contributed by atoms with van der Waals surface area (Å²) in [5, 5.41) is 25.4. The smallest absolute Gasteiger partial charge is 0.414 e. The van der Waals surface area contributed by atoms with Crippen LogP contribution in [0.15, 0.2) is 34.9 Å². The quantitative estimate of drug-likeness (QED) is 0.516. The average Bonchev–Trinajstić information content (AvgIpc) is 3.23. The molecule has 0 radical (unpaired) electrons. The summed E-state index contributed by atoms with van der Waals surface area (Å²) < 4.78 is 11.0. The lowest BCUT2D eigenvalue weighted by molar-refractivity contribution is -0.159. The molecule has 26 heavy (non-hydrogen) atoms. The number of carboxylic acids is 2. The molecule has 3 rings (SSSR count). The van der Waals surface area contributed by atoms with Gasteiger partial charge in [0.05, 0.1) is 25.6 Å². The largest absolute Gasteiger partial charge is 0.473 e. The molecule has 1 fully saturated rings. The van der Waals surface area contributed by atoms with Crippen molar-refractivity contribution in [3.05, 3.63) is 36.1 Å². The average molecular weight is 365 g/mol. The number of β-amino-alcohol motifs (C(OH)–C–C–N with tert-alkyl or cyclic N) is 1. The van der Waals surface area contributed by atoms with Crippen LogP contribution < -0.4 is 0 Å². The Morgan fingerprint density at radius 3 is 2.62 bits per heavy atom. The van der Waals surface area contributed by atoms with E-state index in [4.69, 9.17) is 29.0 Å². The van der Waals surface area contributed by atoms with Crippen molar-refractivity contribution in [3.8, 4) is 0 Å². The van der Waals surface area contributed by atoms with Crippen molar-refractivity contribution < 1.29 is 34.1 Å². The van der Waals surface area contributed by atoms with Crippen LogP contribution in [-0.4, -0.2) is 71.1 Å². The lowest BCUT2D eigenvalue weighted by Gasteiger charge is -2.14. The van der Waals surface area contributed by atoms with E-state index in [2.05, 4.69) is 17.0 Å². The van der Waals surface area contributed by atoms with E-state index < -0.39 is 11.9 Å². The molecule has 1 aromatic carbocycles. The molecule has 0 spiro atoms. The first-order valence-electron chi connectivity index (χ1n) is 8.36. The number of hydrogen-bond acceptors (Lipinski definition) is 6. The zero-order valence-electron chi connectivity index (χ0n) is 14.3. The fraction of sp³-hybridized carbons (Fsp3) is 0.444. The standard InChI is InChI=1S/C16H21NO3.C2H2O4/c18-15-3-6-17(12-15)7-10-19-8-4-13-1-2-16-14(11-13)5-9-20-16;3-1(4)2(5)6/h1-2,5,9,11,15,18H,3-4,6-8,10,12H2;(H,3,4)(H,5,6). The van der Waals surface area contributed by atoms with Crippen LogP contribution >= 0.6 is 0 Å². The van der Waals surface area contributed by atoms with E-state index in [0.29, 0.717) is 0 Å². The van der Waals surface area contributed by atoms with Crippen molar-refractivity contribution in [2.45, 2.75) is 18.9 Å². The van der Waals surface area contributed by atoms with Crippen LogP contribution in [-0.2, 0) is 20.7 Å². The highest BCUT2D eigenvalue weighted by molar-refractivity contribution is 6.27. The first-order valence-corrected chi connectivity index (χ1v) is 8.36. The van der Waals surface area contributed by atoms with Gasteiger partial charge in [0.2, 0.25) is 0 Å². The Hall–Kier alpha value is -2.42. The highest BCUT2D eigenvalue weighted by Gasteiger charge is 2.19. The van der Waals surface area contributed by atoms with Crippen molar-refractivity contribution in [1.82, 2.24) is 4.90 Å². The van der Waals surface area contributed by atoms with Crippen LogP contribution in [0.2, 0.25) is 0 Å². The Labute approximate surface area is 150 Å². The molecule has 8 heteroatoms. The predicted octanol–water partition coefficient (Wildman–Crippen LogP) is 1.21. The molecule has 8 nitrogen and oxygen atoms in total. The maximum Gasteiger partial charge on any atom is 0.414 e. The molecular formula is C18H23NO7. The van der Waals surface area contributed by atoms with Crippen LogP contribution in [0.4, 0.5) is 0 Å². The van der Waals surface area contributed by atoms with Crippen LogP contribution in [0.3, 0.4) is 0 Å². The number of aliphatic hydroxyl groups excluding tert-OH is 1. The molecule has 3 N–H and O–H groups in total. The van der Waals surface area contributed by atoms with Gasteiger partial charge in [0, 0.05) is 25.0 Å². The van der Waals surface area contributed by atoms with E-state index in [0.717, 1.165) is 56.7 Å². The molecule has 2 aromatic rings. The third-order valence-electron chi connectivity index (χ3n) is 4.03. The number of rotatable bonds is 6. The molecular weight excluding hydrogens is 342 g/mol. The van der Waals surface area contributed by atoms with Gasteiger partial charge in [-0.25, -0.2) is 9.59 Å². The maximum atomic E-state index is 9.43. The first-order chi connectivity index (χ1) is 12.5. The van der Waals surface area contributed by atoms with Crippen molar-refractivity contribution in [2.24, 2.45) is 0 Å². The van der Waals surface area contributed by atoms with Crippen molar-refractivity contribution >= 4 is 22.9 Å². The molecule has 0 amide bonds. The van der Waals surface area contributed by atoms with Gasteiger partial charge >= 0.3 is 11.9 Å². The zero-order valence-corrected chi connectivity index (χ0v) is 14.3. The van der Waals surface area contributed by atoms with Gasteiger partial charge in [-0.2, -0.15) is 0 Å². The maximum absolute atomic E-state index is 9.43. The van der Waals surface area contributed by atoms with Gasteiger partial charge in [0.15, 0.2) is 0 Å². The second-order valence-electron chi connectivity index (χ2n) is 6.01. The van der Waals surface area contributed by atoms with E-state index in [1.165, 1.54) is 5.56 Å². The molecule has 2 heterocycles. The molecule has 0 aliphatic carbocycles. The Balaban J connectivity index is 0.000000352. The summed E-state index contributed by atoms with van der Waals surface area (Å²) in [5.74, 6) is -3.65. The van der Waals surface area contributed by atoms with Crippen molar-refractivity contribution in [3.63, 3.8) is 0 Å². The summed E-state index contributed by atoms with van der Waals surface area (Å²) >= 11 is 0. The van der Waals surface area contributed by atoms with Crippen LogP contribution in [0.5, 0.6) is 0 Å². The summed E-state index contributed by atoms with van der Waals surface area (Å²) in [6, 6.07) is 8.24. The Bertz CT molecular complexity index is 715. The Morgan fingerprint density at radius 2 is 1.96 bits per heavy atom. The van der Waals surface area contributed by atoms with Crippen molar-refractivity contribution in [2.75, 3.05) is 32.8 Å². The SMILES string of the molecule is O=C(O)C(=O)O.OC1CCN(CCOCCc2ccc3occc3c2)C1. The number of hydrogen-bond donors (Lipinski definition) is 3. The zero-order chi connectivity index (χ0) is 18.9. The minimum absolute atomic E-state index is 0.142. The highest BCUT2D eigenvalue weighted by Crippen LogP contribution is 2.17. The fourth-order valence-electron chi connectivity index (χ4n) is 2.67. The van der Waals surface area contributed by atoms with Crippen LogP contribution in [0, 0.1) is 0 Å². The Kier molecular flexibility index (Phi) is 7.58. The molecule has 1 aliphatic rings. The van der Waals surface area contributed by atoms with E-state index in [-0.39, 0.29) is 6.10 Å². The van der Waals surface area contributed by atoms with Gasteiger partial charge in [0.25, 0.3) is 0 Å². The van der Waals surface area contributed by atoms with Gasteiger partial charge in [-0.15, -0.1) is 0 Å². The third kappa shape index (κ3) is 6.47. The second kappa shape index (κ2) is 9.91. The number of carboxylic acid groups (broad SMARTS) is 2. The molecule has 0 bridgehead atoms. The third-order valence-corrected chi connectivity index (χ3v) is 4.03. The molecule has 1 aliphatic heterocycles. The number of fused-ring (bicyclic) bond motifs is 1. The van der Waals surface area contributed by atoms with Gasteiger partial charge in [-0.1, -0.05) is 6.07 Å². The van der Waals surface area contributed by atoms with E-state index in [1.807, 2.05) is 12.1 Å². The van der Waals surface area contributed by atoms with E-state index in [9.17, 15) is 5.11 Å².